The van der Waals surface area contributed by atoms with E-state index in [-0.39, 0.29) is 0 Å². The van der Waals surface area contributed by atoms with Gasteiger partial charge in [0, 0.05) is 6.54 Å². The third-order valence-electron chi connectivity index (χ3n) is 1.08. The third kappa shape index (κ3) is 6.19. The van der Waals surface area contributed by atoms with Gasteiger partial charge in [-0.05, 0) is 13.5 Å². The third-order valence-corrected chi connectivity index (χ3v) is 2.24. The molecular formula is C6H11IN2O. The molecule has 0 spiro atoms. The fraction of sp³-hybridized carbons (Fsp3) is 0.833. The van der Waals surface area contributed by atoms with Gasteiger partial charge in [-0.15, -0.1) is 0 Å². The summed E-state index contributed by atoms with van der Waals surface area (Å²) < 4.78 is 1.02. The first kappa shape index (κ1) is 10.1. The van der Waals surface area contributed by atoms with Crippen LogP contribution in [-0.4, -0.2) is 35.7 Å². The van der Waals surface area contributed by atoms with Gasteiger partial charge in [0.1, 0.15) is 0 Å². The number of rotatable bonds is 5. The van der Waals surface area contributed by atoms with Gasteiger partial charge in [-0.25, -0.2) is 9.79 Å². The zero-order valence-electron chi connectivity index (χ0n) is 6.01. The van der Waals surface area contributed by atoms with Crippen molar-refractivity contribution < 1.29 is 4.79 Å². The Kier molecular flexibility index (Phi) is 7.23. The van der Waals surface area contributed by atoms with Crippen LogP contribution < -0.4 is 0 Å². The maximum absolute atomic E-state index is 9.61. The molecule has 0 radical (unpaired) electrons. The van der Waals surface area contributed by atoms with E-state index in [1.807, 2.05) is 7.05 Å². The van der Waals surface area contributed by atoms with Gasteiger partial charge in [0.15, 0.2) is 0 Å². The summed E-state index contributed by atoms with van der Waals surface area (Å²) in [5, 5.41) is 0. The van der Waals surface area contributed by atoms with Crippen LogP contribution in [0.1, 0.15) is 6.42 Å². The van der Waals surface area contributed by atoms with Crippen LogP contribution in [0.25, 0.3) is 0 Å². The van der Waals surface area contributed by atoms with Crippen LogP contribution in [0.5, 0.6) is 0 Å². The second-order valence-electron chi connectivity index (χ2n) is 2.03. The first-order valence-electron chi connectivity index (χ1n) is 3.09. The largest absolute Gasteiger partial charge is 0.297 e. The molecule has 0 rings (SSSR count). The molecule has 0 bridgehead atoms. The highest BCUT2D eigenvalue weighted by atomic mass is 127. The van der Waals surface area contributed by atoms with Crippen molar-refractivity contribution in [3.8, 4) is 0 Å². The van der Waals surface area contributed by atoms with E-state index in [4.69, 9.17) is 0 Å². The maximum atomic E-state index is 9.61. The monoisotopic (exact) mass is 254 g/mol. The molecule has 0 aliphatic carbocycles. The molecule has 0 fully saturated rings. The first-order valence-corrected chi connectivity index (χ1v) is 4.62. The van der Waals surface area contributed by atoms with E-state index in [1.54, 1.807) is 0 Å². The molecule has 0 saturated heterocycles. The van der Waals surface area contributed by atoms with E-state index in [0.717, 1.165) is 17.5 Å². The smallest absolute Gasteiger partial charge is 0.234 e. The summed E-state index contributed by atoms with van der Waals surface area (Å²) in [6, 6.07) is 0. The molecule has 0 unspecified atom stereocenters. The Morgan fingerprint density at radius 1 is 1.70 bits per heavy atom. The van der Waals surface area contributed by atoms with E-state index < -0.39 is 0 Å². The van der Waals surface area contributed by atoms with Gasteiger partial charge < -0.3 is 0 Å². The minimum absolute atomic E-state index is 0.602. The molecule has 0 saturated carbocycles. The fourth-order valence-corrected chi connectivity index (χ4v) is 0.866. The highest BCUT2D eigenvalue weighted by Gasteiger charge is 1.92. The Labute approximate surface area is 74.6 Å². The second-order valence-corrected chi connectivity index (χ2v) is 2.71. The van der Waals surface area contributed by atoms with Gasteiger partial charge in [0.05, 0.1) is 11.1 Å². The number of alkyl halides is 1. The molecule has 0 aromatic carbocycles. The molecule has 0 N–H and O–H groups in total. The Hall–Kier alpha value is 0.0700. The van der Waals surface area contributed by atoms with Gasteiger partial charge in [0.2, 0.25) is 6.08 Å². The van der Waals surface area contributed by atoms with Gasteiger partial charge in [0.25, 0.3) is 0 Å². The van der Waals surface area contributed by atoms with Crippen molar-refractivity contribution in [2.24, 2.45) is 4.99 Å². The zero-order chi connectivity index (χ0) is 7.82. The molecular weight excluding hydrogens is 243 g/mol. The fourth-order valence-electron chi connectivity index (χ4n) is 0.525. The predicted octanol–water partition coefficient (Wildman–Crippen LogP) is 1.04. The summed E-state index contributed by atoms with van der Waals surface area (Å²) in [7, 11) is 2.04. The molecule has 0 heterocycles. The second kappa shape index (κ2) is 7.18. The number of isocyanates is 1. The standard InChI is InChI=1S/C6H11IN2O/c1-9(5-7)4-2-3-8-6-10/h2-5H2,1H3. The lowest BCUT2D eigenvalue weighted by Gasteiger charge is -2.10. The molecule has 10 heavy (non-hydrogen) atoms. The summed E-state index contributed by atoms with van der Waals surface area (Å²) in [6.07, 6.45) is 2.45. The normalized spacial score (nSPS) is 9.50. The van der Waals surface area contributed by atoms with Crippen molar-refractivity contribution in [1.29, 1.82) is 0 Å². The van der Waals surface area contributed by atoms with Gasteiger partial charge in [-0.1, -0.05) is 22.6 Å². The number of hydrogen-bond acceptors (Lipinski definition) is 3. The SMILES string of the molecule is CN(CI)CCCN=C=O. The lowest BCUT2D eigenvalue weighted by Crippen LogP contribution is -2.17. The minimum atomic E-state index is 0.602. The number of carbonyl (C=O) groups excluding carboxylic acids is 1. The average Bonchev–Trinajstić information content (AvgIpc) is 1.98. The van der Waals surface area contributed by atoms with Crippen molar-refractivity contribution in [3.63, 3.8) is 0 Å². The quantitative estimate of drug-likeness (QED) is 0.183. The van der Waals surface area contributed by atoms with Gasteiger partial charge in [-0.3, -0.25) is 4.90 Å². The molecule has 0 aromatic heterocycles. The van der Waals surface area contributed by atoms with E-state index in [0.29, 0.717) is 6.54 Å². The maximum Gasteiger partial charge on any atom is 0.234 e. The van der Waals surface area contributed by atoms with Crippen LogP contribution in [-0.2, 0) is 4.79 Å². The lowest BCUT2D eigenvalue weighted by molar-refractivity contribution is 0.396. The molecule has 0 amide bonds. The molecule has 4 heteroatoms. The summed E-state index contributed by atoms with van der Waals surface area (Å²) in [4.78, 5) is 15.2. The first-order chi connectivity index (χ1) is 4.81. The van der Waals surface area contributed by atoms with Crippen molar-refractivity contribution in [2.75, 3.05) is 24.7 Å². The molecule has 0 aliphatic rings. The molecule has 58 valence electrons. The number of nitrogens with zero attached hydrogens (tertiary/aromatic N) is 2. The number of hydrogen-bond donors (Lipinski definition) is 0. The predicted molar refractivity (Wildman–Crippen MR) is 49.1 cm³/mol. The molecule has 0 atom stereocenters. The lowest BCUT2D eigenvalue weighted by atomic mass is 10.4. The van der Waals surface area contributed by atoms with E-state index in [9.17, 15) is 4.79 Å². The van der Waals surface area contributed by atoms with Crippen LogP contribution in [0.3, 0.4) is 0 Å². The highest BCUT2D eigenvalue weighted by molar-refractivity contribution is 14.1. The summed E-state index contributed by atoms with van der Waals surface area (Å²) >= 11 is 2.29. The van der Waals surface area contributed by atoms with E-state index in [2.05, 4.69) is 32.5 Å². The van der Waals surface area contributed by atoms with Crippen molar-refractivity contribution in [3.05, 3.63) is 0 Å². The van der Waals surface area contributed by atoms with Crippen LogP contribution in [0.4, 0.5) is 0 Å². The van der Waals surface area contributed by atoms with Crippen LogP contribution in [0, 0.1) is 0 Å². The summed E-state index contributed by atoms with van der Waals surface area (Å²) in [5.74, 6) is 0. The minimum Gasteiger partial charge on any atom is -0.297 e. The van der Waals surface area contributed by atoms with E-state index >= 15 is 0 Å². The zero-order valence-corrected chi connectivity index (χ0v) is 8.17. The van der Waals surface area contributed by atoms with Gasteiger partial charge >= 0.3 is 0 Å². The summed E-state index contributed by atoms with van der Waals surface area (Å²) in [5.41, 5.74) is 0. The summed E-state index contributed by atoms with van der Waals surface area (Å²) in [6.45, 7) is 1.60. The Morgan fingerprint density at radius 3 is 2.90 bits per heavy atom. The molecule has 0 aromatic rings. The number of aliphatic imine (C=N–C) groups is 1. The van der Waals surface area contributed by atoms with Crippen molar-refractivity contribution >= 4 is 28.7 Å². The Balaban J connectivity index is 3.10. The highest BCUT2D eigenvalue weighted by Crippen LogP contribution is 1.91. The van der Waals surface area contributed by atoms with Crippen LogP contribution >= 0.6 is 22.6 Å². The average molecular weight is 254 g/mol. The molecule has 3 nitrogen and oxygen atoms in total. The Morgan fingerprint density at radius 2 is 2.40 bits per heavy atom. The number of halogens is 1. The van der Waals surface area contributed by atoms with Crippen molar-refractivity contribution in [1.82, 2.24) is 4.90 Å². The van der Waals surface area contributed by atoms with Crippen LogP contribution in [0.15, 0.2) is 4.99 Å². The van der Waals surface area contributed by atoms with Crippen LogP contribution in [0.2, 0.25) is 0 Å². The Bertz CT molecular complexity index is 123. The topological polar surface area (TPSA) is 32.7 Å². The van der Waals surface area contributed by atoms with E-state index in [1.165, 1.54) is 6.08 Å². The van der Waals surface area contributed by atoms with Crippen molar-refractivity contribution in [2.45, 2.75) is 6.42 Å². The van der Waals surface area contributed by atoms with Gasteiger partial charge in [-0.2, -0.15) is 0 Å². The molecule has 0 aliphatic heterocycles.